The van der Waals surface area contributed by atoms with Crippen LogP contribution in [0.5, 0.6) is 0 Å². The molecule has 1 atom stereocenters. The Morgan fingerprint density at radius 2 is 1.16 bits per heavy atom. The summed E-state index contributed by atoms with van der Waals surface area (Å²) in [7, 11) is -1.89. The zero-order chi connectivity index (χ0) is 40.4. The molecule has 2 fully saturated rings. The molecule has 0 bridgehead atoms. The highest BCUT2D eigenvalue weighted by atomic mass is 16.7. The number of carbonyl (C=O) groups excluding carboxylic acids is 2. The largest absolute Gasteiger partial charge is 0.494 e. The van der Waals surface area contributed by atoms with Gasteiger partial charge in [-0.3, -0.25) is 9.59 Å². The zero-order valence-corrected chi connectivity index (χ0v) is 33.0. The average Bonchev–Trinajstić information content (AvgIpc) is 3.72. The molecule has 4 aromatic carbocycles. The molecule has 0 radical (unpaired) electrons. The number of benzene rings is 4. The van der Waals surface area contributed by atoms with Gasteiger partial charge in [0.05, 0.1) is 22.4 Å². The van der Waals surface area contributed by atoms with E-state index < -0.39 is 25.4 Å². The van der Waals surface area contributed by atoms with Crippen LogP contribution in [0.3, 0.4) is 0 Å². The van der Waals surface area contributed by atoms with E-state index >= 15 is 0 Å². The number of aliphatic hydroxyl groups is 1. The number of rotatable bonds is 9. The molecule has 6 rings (SSSR count). The van der Waals surface area contributed by atoms with E-state index in [1.165, 1.54) is 0 Å². The third-order valence-corrected chi connectivity index (χ3v) is 10.0. The second kappa shape index (κ2) is 18.5. The van der Waals surface area contributed by atoms with Crippen LogP contribution in [0.4, 0.5) is 11.4 Å². The van der Waals surface area contributed by atoms with E-state index in [2.05, 4.69) is 10.6 Å². The van der Waals surface area contributed by atoms with Crippen molar-refractivity contribution in [1.29, 1.82) is 0 Å². The van der Waals surface area contributed by atoms with E-state index in [0.717, 1.165) is 30.6 Å². The van der Waals surface area contributed by atoms with Gasteiger partial charge < -0.3 is 44.6 Å². The fourth-order valence-electron chi connectivity index (χ4n) is 5.14. The van der Waals surface area contributed by atoms with E-state index in [0.29, 0.717) is 22.3 Å². The summed E-state index contributed by atoms with van der Waals surface area (Å²) in [6.45, 7) is 16.2. The van der Waals surface area contributed by atoms with Crippen molar-refractivity contribution in [2.24, 2.45) is 0 Å². The predicted octanol–water partition coefficient (Wildman–Crippen LogP) is 5.55. The number of ether oxygens (including phenoxy) is 2. The molecule has 11 nitrogen and oxygen atoms in total. The zero-order valence-electron chi connectivity index (χ0n) is 33.0. The lowest BCUT2D eigenvalue weighted by atomic mass is 9.79. The topological polar surface area (TPSA) is 156 Å². The van der Waals surface area contributed by atoms with E-state index in [4.69, 9.17) is 28.8 Å². The average molecular weight is 753 g/mol. The fraction of sp³-hybridized carbons (Fsp3) is 0.381. The maximum absolute atomic E-state index is 12.2. The van der Waals surface area contributed by atoms with Crippen molar-refractivity contribution in [3.05, 3.63) is 120 Å². The molecule has 13 heteroatoms. The molecule has 2 aliphatic rings. The molecule has 4 aromatic rings. The van der Waals surface area contributed by atoms with Gasteiger partial charge in [0.15, 0.2) is 6.29 Å². The third kappa shape index (κ3) is 12.3. The summed E-state index contributed by atoms with van der Waals surface area (Å²) >= 11 is 0. The quantitative estimate of drug-likeness (QED) is 0.139. The molecule has 55 heavy (non-hydrogen) atoms. The minimum atomic E-state index is -1.50. The van der Waals surface area contributed by atoms with Gasteiger partial charge >= 0.3 is 14.2 Å². The number of amides is 2. The fourth-order valence-corrected chi connectivity index (χ4v) is 5.14. The minimum absolute atomic E-state index is 0.126. The lowest BCUT2D eigenvalue weighted by molar-refractivity contribution is -0.232. The van der Waals surface area contributed by atoms with Crippen LogP contribution >= 0.6 is 0 Å². The van der Waals surface area contributed by atoms with Crippen LogP contribution in [0.25, 0.3) is 0 Å². The summed E-state index contributed by atoms with van der Waals surface area (Å²) in [5.74, 6) is -0.327. The molecular weight excluding hydrogens is 698 g/mol. The normalized spacial score (nSPS) is 17.2. The van der Waals surface area contributed by atoms with Gasteiger partial charge in [0.1, 0.15) is 0 Å². The van der Waals surface area contributed by atoms with Crippen LogP contribution in [0.2, 0.25) is 0 Å². The number of hydrogen-bond acceptors (Lipinski definition) is 9. The van der Waals surface area contributed by atoms with Gasteiger partial charge in [-0.25, -0.2) is 0 Å². The van der Waals surface area contributed by atoms with Crippen LogP contribution in [-0.2, 0) is 18.8 Å². The van der Waals surface area contributed by atoms with E-state index in [1.807, 2.05) is 90.1 Å². The van der Waals surface area contributed by atoms with Crippen molar-refractivity contribution >= 4 is 48.4 Å². The number of carbonyl (C=O) groups is 2. The van der Waals surface area contributed by atoms with Gasteiger partial charge in [-0.1, -0.05) is 60.7 Å². The first-order chi connectivity index (χ1) is 25.8. The Morgan fingerprint density at radius 3 is 1.55 bits per heavy atom. The van der Waals surface area contributed by atoms with Crippen LogP contribution in [0, 0.1) is 0 Å². The first-order valence-corrected chi connectivity index (χ1v) is 18.4. The molecule has 2 saturated heterocycles. The Morgan fingerprint density at radius 1 is 0.727 bits per heavy atom. The highest BCUT2D eigenvalue weighted by molar-refractivity contribution is 6.62. The third-order valence-electron chi connectivity index (χ3n) is 10.0. The van der Waals surface area contributed by atoms with Crippen molar-refractivity contribution < 1.29 is 43.5 Å². The molecule has 0 saturated carbocycles. The molecule has 2 amide bonds. The molecule has 2 heterocycles. The van der Waals surface area contributed by atoms with Crippen molar-refractivity contribution in [3.63, 3.8) is 0 Å². The predicted molar refractivity (Wildman–Crippen MR) is 218 cm³/mol. The first-order valence-electron chi connectivity index (χ1n) is 18.4. The van der Waals surface area contributed by atoms with Crippen molar-refractivity contribution in [2.75, 3.05) is 17.2 Å². The maximum Gasteiger partial charge on any atom is 0.494 e. The molecule has 292 valence electrons. The van der Waals surface area contributed by atoms with E-state index in [1.54, 1.807) is 74.5 Å². The van der Waals surface area contributed by atoms with Crippen molar-refractivity contribution in [2.45, 2.75) is 96.9 Å². The number of anilines is 2. The summed E-state index contributed by atoms with van der Waals surface area (Å²) in [5, 5.41) is 33.3. The summed E-state index contributed by atoms with van der Waals surface area (Å²) in [4.78, 5) is 24.0. The Hall–Kier alpha value is -4.33. The van der Waals surface area contributed by atoms with Crippen molar-refractivity contribution in [3.8, 4) is 0 Å². The first kappa shape index (κ1) is 43.4. The van der Waals surface area contributed by atoms with Crippen LogP contribution in [0.1, 0.15) is 88.9 Å². The summed E-state index contributed by atoms with van der Waals surface area (Å²) in [5.41, 5.74) is 1.73. The highest BCUT2D eigenvalue weighted by Crippen LogP contribution is 2.36. The molecule has 0 aromatic heterocycles. The SMILES string of the molecule is CC(C)(O)C(C)(C)OC1CCCO1.CC1(C)OB(c2ccc(NC(=O)c3ccccc3)cc2)OC1(C)C.O=C(Nc1ccc(B(O)O)cc1)c1ccccc1. The van der Waals surface area contributed by atoms with Gasteiger partial charge in [0, 0.05) is 35.5 Å². The van der Waals surface area contributed by atoms with E-state index in [-0.39, 0.29) is 29.3 Å². The molecule has 0 aliphatic carbocycles. The smallest absolute Gasteiger partial charge is 0.423 e. The van der Waals surface area contributed by atoms with Crippen LogP contribution in [-0.4, -0.2) is 76.5 Å². The Balaban J connectivity index is 0.000000193. The summed E-state index contributed by atoms with van der Waals surface area (Å²) in [6.07, 6.45) is 1.84. The molecule has 1 unspecified atom stereocenters. The van der Waals surface area contributed by atoms with Gasteiger partial charge in [-0.2, -0.15) is 0 Å². The van der Waals surface area contributed by atoms with Gasteiger partial charge in [-0.05, 0) is 121 Å². The number of nitrogens with one attached hydrogen (secondary N) is 2. The minimum Gasteiger partial charge on any atom is -0.423 e. The number of hydrogen-bond donors (Lipinski definition) is 5. The second-order valence-electron chi connectivity index (χ2n) is 15.5. The van der Waals surface area contributed by atoms with Gasteiger partial charge in [0.25, 0.3) is 11.8 Å². The van der Waals surface area contributed by atoms with Crippen LogP contribution in [0.15, 0.2) is 109 Å². The molecule has 5 N–H and O–H groups in total. The summed E-state index contributed by atoms with van der Waals surface area (Å²) in [6, 6.07) is 31.9. The molecule has 2 aliphatic heterocycles. The van der Waals surface area contributed by atoms with Gasteiger partial charge in [-0.15, -0.1) is 0 Å². The van der Waals surface area contributed by atoms with E-state index in [9.17, 15) is 14.7 Å². The monoisotopic (exact) mass is 752 g/mol. The Bertz CT molecular complexity index is 1790. The Kier molecular flexibility index (Phi) is 14.6. The highest BCUT2D eigenvalue weighted by Gasteiger charge is 2.51. The van der Waals surface area contributed by atoms with Crippen molar-refractivity contribution in [1.82, 2.24) is 0 Å². The lowest BCUT2D eigenvalue weighted by Crippen LogP contribution is -2.49. The maximum atomic E-state index is 12.2. The standard InChI is InChI=1S/C19H22BNO3.C13H12BNO3.C10H20O3/c1-18(2)19(3,4)24-20(23-18)15-10-12-16(13-11-15)21-17(22)14-8-6-5-7-9-14;16-13(10-4-2-1-3-5-10)15-12-8-6-11(7-9-12)14(17)18;1-9(2,11)10(3,4)13-8-6-5-7-12-8/h5-13H,1-4H3,(H,21,22);1-9,17-18H,(H,15,16);8,11H,5-7H2,1-4H3. The second-order valence-corrected chi connectivity index (χ2v) is 15.5. The Labute approximate surface area is 325 Å². The molecule has 0 spiro atoms. The lowest BCUT2D eigenvalue weighted by Gasteiger charge is -2.38. The van der Waals surface area contributed by atoms with Crippen LogP contribution < -0.4 is 21.6 Å². The molecular formula is C42H54B2N2O9. The summed E-state index contributed by atoms with van der Waals surface area (Å²) < 4.78 is 23.1. The van der Waals surface area contributed by atoms with Gasteiger partial charge in [0.2, 0.25) is 0 Å².